The van der Waals surface area contributed by atoms with Gasteiger partial charge in [-0.3, -0.25) is 0 Å². The lowest BCUT2D eigenvalue weighted by Crippen LogP contribution is -2.37. The van der Waals surface area contributed by atoms with E-state index in [0.717, 1.165) is 0 Å². The first kappa shape index (κ1) is 8.31. The Balaban J connectivity index is 2.18. The van der Waals surface area contributed by atoms with Crippen molar-refractivity contribution in [3.05, 3.63) is 12.1 Å². The summed E-state index contributed by atoms with van der Waals surface area (Å²) in [5, 5.41) is 9.99. The minimum Gasteiger partial charge on any atom is -0.378 e. The molecule has 70 valence electrons. The van der Waals surface area contributed by atoms with E-state index in [1.807, 2.05) is 4.90 Å². The molecule has 0 atom stereocenters. The van der Waals surface area contributed by atoms with E-state index in [1.54, 1.807) is 0 Å². The highest BCUT2D eigenvalue weighted by molar-refractivity contribution is 5.42. The Morgan fingerprint density at radius 1 is 1.38 bits per heavy atom. The molecule has 1 aromatic rings. The smallest absolute Gasteiger partial charge is 0.259 e. The number of ether oxygens (including phenoxy) is 1. The van der Waals surface area contributed by atoms with Crippen molar-refractivity contribution >= 4 is 5.69 Å². The number of hydrogen-bond donors (Lipinski definition) is 0. The van der Waals surface area contributed by atoms with Gasteiger partial charge in [-0.15, -0.1) is 5.10 Å². The van der Waals surface area contributed by atoms with Crippen molar-refractivity contribution < 1.29 is 9.13 Å². The summed E-state index contributed by atoms with van der Waals surface area (Å²) in [6, 6.07) is 0. The van der Waals surface area contributed by atoms with Crippen molar-refractivity contribution in [3.63, 3.8) is 0 Å². The largest absolute Gasteiger partial charge is 0.378 e. The van der Waals surface area contributed by atoms with E-state index >= 15 is 0 Å². The third kappa shape index (κ3) is 1.72. The SMILES string of the molecule is Fc1nnncc1N1CCOCC1. The molecule has 2 heterocycles. The van der Waals surface area contributed by atoms with Gasteiger partial charge in [0, 0.05) is 13.1 Å². The van der Waals surface area contributed by atoms with Crippen LogP contribution in [0.15, 0.2) is 6.20 Å². The van der Waals surface area contributed by atoms with Gasteiger partial charge in [-0.1, -0.05) is 5.10 Å². The van der Waals surface area contributed by atoms with E-state index in [4.69, 9.17) is 4.74 Å². The fourth-order valence-corrected chi connectivity index (χ4v) is 1.27. The first-order valence-corrected chi connectivity index (χ1v) is 4.04. The highest BCUT2D eigenvalue weighted by Gasteiger charge is 2.15. The molecule has 0 spiro atoms. The molecule has 6 heteroatoms. The van der Waals surface area contributed by atoms with E-state index in [2.05, 4.69) is 15.4 Å². The molecular weight excluding hydrogens is 175 g/mol. The molecule has 0 saturated carbocycles. The molecule has 1 fully saturated rings. The lowest BCUT2D eigenvalue weighted by Gasteiger charge is -2.27. The van der Waals surface area contributed by atoms with E-state index < -0.39 is 5.95 Å². The van der Waals surface area contributed by atoms with Crippen LogP contribution in [0.2, 0.25) is 0 Å². The zero-order valence-corrected chi connectivity index (χ0v) is 6.98. The molecule has 0 amide bonds. The van der Waals surface area contributed by atoms with Crippen molar-refractivity contribution in [1.82, 2.24) is 15.4 Å². The maximum absolute atomic E-state index is 13.1. The van der Waals surface area contributed by atoms with Crippen molar-refractivity contribution in [3.8, 4) is 0 Å². The number of morpholine rings is 1. The van der Waals surface area contributed by atoms with Crippen LogP contribution >= 0.6 is 0 Å². The summed E-state index contributed by atoms with van der Waals surface area (Å²) in [4.78, 5) is 1.85. The molecule has 1 saturated heterocycles. The summed E-state index contributed by atoms with van der Waals surface area (Å²) < 4.78 is 18.2. The second kappa shape index (κ2) is 3.61. The molecule has 2 rings (SSSR count). The minimum atomic E-state index is -0.572. The summed E-state index contributed by atoms with van der Waals surface area (Å²) in [5.41, 5.74) is 0.401. The van der Waals surface area contributed by atoms with Crippen LogP contribution in [-0.4, -0.2) is 41.7 Å². The van der Waals surface area contributed by atoms with Crippen LogP contribution in [0.4, 0.5) is 10.1 Å². The molecule has 13 heavy (non-hydrogen) atoms. The molecule has 0 N–H and O–H groups in total. The van der Waals surface area contributed by atoms with Gasteiger partial charge in [-0.05, 0) is 5.21 Å². The highest BCUT2D eigenvalue weighted by atomic mass is 19.1. The van der Waals surface area contributed by atoms with Crippen LogP contribution in [0.5, 0.6) is 0 Å². The standard InChI is InChI=1S/C7H9FN4O/c8-7-6(5-9-11-10-7)12-1-3-13-4-2-12/h5H,1-4H2. The summed E-state index contributed by atoms with van der Waals surface area (Å²) in [6.07, 6.45) is 1.38. The van der Waals surface area contributed by atoms with Crippen LogP contribution in [-0.2, 0) is 4.74 Å². The maximum Gasteiger partial charge on any atom is 0.259 e. The Bertz CT molecular complexity index is 290. The van der Waals surface area contributed by atoms with Gasteiger partial charge < -0.3 is 9.64 Å². The van der Waals surface area contributed by atoms with Gasteiger partial charge >= 0.3 is 0 Å². The number of aromatic nitrogens is 3. The number of hydrogen-bond acceptors (Lipinski definition) is 5. The fourth-order valence-electron chi connectivity index (χ4n) is 1.27. The van der Waals surface area contributed by atoms with Crippen molar-refractivity contribution in [2.45, 2.75) is 0 Å². The Morgan fingerprint density at radius 2 is 2.15 bits per heavy atom. The number of rotatable bonds is 1. The third-order valence-corrected chi connectivity index (χ3v) is 1.93. The average molecular weight is 184 g/mol. The molecule has 1 aliphatic rings. The van der Waals surface area contributed by atoms with Crippen molar-refractivity contribution in [2.75, 3.05) is 31.2 Å². The van der Waals surface area contributed by atoms with Crippen molar-refractivity contribution in [2.24, 2.45) is 0 Å². The summed E-state index contributed by atoms with van der Waals surface area (Å²) in [7, 11) is 0. The predicted molar refractivity (Wildman–Crippen MR) is 42.8 cm³/mol. The third-order valence-electron chi connectivity index (χ3n) is 1.93. The van der Waals surface area contributed by atoms with E-state index in [1.165, 1.54) is 6.20 Å². The monoisotopic (exact) mass is 184 g/mol. The minimum absolute atomic E-state index is 0.401. The molecule has 0 aliphatic carbocycles. The van der Waals surface area contributed by atoms with Gasteiger partial charge in [0.1, 0.15) is 5.69 Å². The molecule has 0 bridgehead atoms. The molecular formula is C7H9FN4O. The Labute approximate surface area is 74.5 Å². The van der Waals surface area contributed by atoms with Gasteiger partial charge in [0.25, 0.3) is 5.95 Å². The maximum atomic E-state index is 13.1. The van der Waals surface area contributed by atoms with E-state index in [0.29, 0.717) is 32.0 Å². The fraction of sp³-hybridized carbons (Fsp3) is 0.571. The van der Waals surface area contributed by atoms with Crippen LogP contribution in [0, 0.1) is 5.95 Å². The first-order chi connectivity index (χ1) is 6.38. The van der Waals surface area contributed by atoms with Gasteiger partial charge in [0.05, 0.1) is 19.4 Å². The van der Waals surface area contributed by atoms with Gasteiger partial charge in [-0.25, -0.2) is 0 Å². The molecule has 1 aliphatic heterocycles. The molecule has 0 radical (unpaired) electrons. The van der Waals surface area contributed by atoms with Crippen LogP contribution in [0.25, 0.3) is 0 Å². The van der Waals surface area contributed by atoms with Gasteiger partial charge in [-0.2, -0.15) is 4.39 Å². The van der Waals surface area contributed by atoms with Gasteiger partial charge in [0.15, 0.2) is 0 Å². The molecule has 5 nitrogen and oxygen atoms in total. The molecule has 0 unspecified atom stereocenters. The van der Waals surface area contributed by atoms with E-state index in [9.17, 15) is 4.39 Å². The number of nitrogens with zero attached hydrogens (tertiary/aromatic N) is 4. The summed E-state index contributed by atoms with van der Waals surface area (Å²) >= 11 is 0. The Morgan fingerprint density at radius 3 is 2.85 bits per heavy atom. The lowest BCUT2D eigenvalue weighted by molar-refractivity contribution is 0.122. The second-order valence-corrected chi connectivity index (χ2v) is 2.71. The zero-order valence-electron chi connectivity index (χ0n) is 6.98. The first-order valence-electron chi connectivity index (χ1n) is 4.04. The van der Waals surface area contributed by atoms with Gasteiger partial charge in [0.2, 0.25) is 0 Å². The quantitative estimate of drug-likeness (QED) is 0.607. The molecule has 1 aromatic heterocycles. The van der Waals surface area contributed by atoms with Crippen LogP contribution < -0.4 is 4.90 Å². The van der Waals surface area contributed by atoms with Crippen LogP contribution in [0.1, 0.15) is 0 Å². The highest BCUT2D eigenvalue weighted by Crippen LogP contribution is 2.15. The van der Waals surface area contributed by atoms with E-state index in [-0.39, 0.29) is 0 Å². The van der Waals surface area contributed by atoms with Crippen molar-refractivity contribution in [1.29, 1.82) is 0 Å². The zero-order chi connectivity index (χ0) is 9.10. The second-order valence-electron chi connectivity index (χ2n) is 2.71. The number of anilines is 1. The average Bonchev–Trinajstić information content (AvgIpc) is 2.20. The lowest BCUT2D eigenvalue weighted by atomic mass is 10.4. The topological polar surface area (TPSA) is 51.1 Å². The molecule has 0 aromatic carbocycles. The predicted octanol–water partition coefficient (Wildman–Crippen LogP) is -0.153. The summed E-state index contributed by atoms with van der Waals surface area (Å²) in [6.45, 7) is 2.57. The number of halogens is 1. The normalized spacial score (nSPS) is 17.5. The van der Waals surface area contributed by atoms with Crippen LogP contribution in [0.3, 0.4) is 0 Å². The Kier molecular flexibility index (Phi) is 2.31. The Hall–Kier alpha value is -1.30. The summed E-state index contributed by atoms with van der Waals surface area (Å²) in [5.74, 6) is -0.572.